The summed E-state index contributed by atoms with van der Waals surface area (Å²) in [6, 6.07) is 9.91. The lowest BCUT2D eigenvalue weighted by molar-refractivity contribution is -0.257. The molecule has 2 aliphatic heterocycles. The van der Waals surface area contributed by atoms with E-state index in [9.17, 15) is 14.3 Å². The average molecular weight is 656 g/mol. The number of benzene rings is 2. The fourth-order valence-corrected chi connectivity index (χ4v) is 6.03. The van der Waals surface area contributed by atoms with Gasteiger partial charge in [-0.2, -0.15) is 0 Å². The fraction of sp³-hybridized carbons (Fsp3) is 0.567. The molecule has 2 heterocycles. The summed E-state index contributed by atoms with van der Waals surface area (Å²) in [4.78, 5) is 19.8. The van der Waals surface area contributed by atoms with Crippen molar-refractivity contribution in [3.8, 4) is 5.75 Å². The van der Waals surface area contributed by atoms with Crippen LogP contribution in [0, 0.1) is 5.82 Å². The Balaban J connectivity index is 1.42. The molecular formula is C30H41BrClFN4O4. The summed E-state index contributed by atoms with van der Waals surface area (Å²) in [5, 5.41) is 13.5. The first-order chi connectivity index (χ1) is 19.3. The van der Waals surface area contributed by atoms with Gasteiger partial charge in [0.05, 0.1) is 16.7 Å². The number of amides is 2. The highest BCUT2D eigenvalue weighted by atomic mass is 79.9. The minimum absolute atomic E-state index is 0.0469. The first-order valence-corrected chi connectivity index (χ1v) is 15.3. The van der Waals surface area contributed by atoms with Crippen molar-refractivity contribution >= 4 is 39.2 Å². The number of nitrogens with one attached hydrogen (secondary N) is 1. The van der Waals surface area contributed by atoms with Crippen LogP contribution in [0.5, 0.6) is 5.75 Å². The molecule has 2 amide bonds. The number of aliphatic hydroxyl groups excluding tert-OH is 1. The van der Waals surface area contributed by atoms with Crippen LogP contribution >= 0.6 is 27.5 Å². The molecular weight excluding hydrogens is 615 g/mol. The van der Waals surface area contributed by atoms with Gasteiger partial charge in [0, 0.05) is 48.4 Å². The van der Waals surface area contributed by atoms with Crippen LogP contribution in [0.2, 0.25) is 5.02 Å². The van der Waals surface area contributed by atoms with Crippen LogP contribution in [-0.2, 0) is 11.2 Å². The molecule has 2 aromatic rings. The summed E-state index contributed by atoms with van der Waals surface area (Å²) in [5.41, 5.74) is 1.02. The zero-order valence-corrected chi connectivity index (χ0v) is 26.7. The molecule has 0 spiro atoms. The Kier molecular flexibility index (Phi) is 10.6. The van der Waals surface area contributed by atoms with Gasteiger partial charge in [-0.25, -0.2) is 14.1 Å². The van der Waals surface area contributed by atoms with E-state index < -0.39 is 17.8 Å². The van der Waals surface area contributed by atoms with Crippen LogP contribution in [0.15, 0.2) is 40.9 Å². The molecule has 4 rings (SSSR count). The van der Waals surface area contributed by atoms with Crippen molar-refractivity contribution in [2.75, 3.05) is 38.1 Å². The van der Waals surface area contributed by atoms with E-state index in [0.717, 1.165) is 35.3 Å². The molecule has 0 aromatic heterocycles. The zero-order valence-electron chi connectivity index (χ0n) is 24.4. The number of carbonyl (C=O) groups is 1. The third kappa shape index (κ3) is 8.55. The number of hydrogen-bond acceptors (Lipinski definition) is 6. The number of hydrogen-bond donors (Lipinski definition) is 2. The lowest BCUT2D eigenvalue weighted by Crippen LogP contribution is -2.60. The van der Waals surface area contributed by atoms with Crippen LogP contribution < -0.4 is 10.1 Å². The molecule has 2 N–H and O–H groups in total. The smallest absolute Gasteiger partial charge is 0.322 e. The van der Waals surface area contributed by atoms with Crippen molar-refractivity contribution in [3.05, 3.63) is 57.3 Å². The molecule has 1 fully saturated rings. The van der Waals surface area contributed by atoms with Gasteiger partial charge in [0.2, 0.25) is 6.41 Å². The number of fused-ring (bicyclic) bond motifs is 1. The topological polar surface area (TPSA) is 77.5 Å². The van der Waals surface area contributed by atoms with Crippen molar-refractivity contribution in [1.29, 1.82) is 0 Å². The van der Waals surface area contributed by atoms with Gasteiger partial charge in [0.1, 0.15) is 18.2 Å². The van der Waals surface area contributed by atoms with E-state index in [-0.39, 0.29) is 29.2 Å². The summed E-state index contributed by atoms with van der Waals surface area (Å²) in [6.07, 6.45) is 0.449. The van der Waals surface area contributed by atoms with E-state index in [1.807, 2.05) is 48.8 Å². The van der Waals surface area contributed by atoms with Crippen molar-refractivity contribution in [3.63, 3.8) is 0 Å². The van der Waals surface area contributed by atoms with Crippen molar-refractivity contribution < 1.29 is 23.8 Å². The Morgan fingerprint density at radius 3 is 2.71 bits per heavy atom. The van der Waals surface area contributed by atoms with Gasteiger partial charge >= 0.3 is 6.03 Å². The minimum atomic E-state index is -0.956. The lowest BCUT2D eigenvalue weighted by Gasteiger charge is -2.46. The summed E-state index contributed by atoms with van der Waals surface area (Å²) in [7, 11) is 0. The molecule has 0 radical (unpaired) electrons. The molecule has 8 nitrogen and oxygen atoms in total. The van der Waals surface area contributed by atoms with Crippen molar-refractivity contribution in [2.45, 2.75) is 77.6 Å². The van der Waals surface area contributed by atoms with Gasteiger partial charge in [0.25, 0.3) is 0 Å². The summed E-state index contributed by atoms with van der Waals surface area (Å²) in [6.45, 7) is 13.2. The van der Waals surface area contributed by atoms with E-state index in [1.54, 1.807) is 0 Å². The Morgan fingerprint density at radius 1 is 1.24 bits per heavy atom. The Bertz CT molecular complexity index is 1220. The normalized spacial score (nSPS) is 22.5. The Morgan fingerprint density at radius 2 is 2.00 bits per heavy atom. The third-order valence-electron chi connectivity index (χ3n) is 7.53. The monoisotopic (exact) mass is 654 g/mol. The van der Waals surface area contributed by atoms with E-state index in [0.29, 0.717) is 31.8 Å². The number of anilines is 1. The van der Waals surface area contributed by atoms with Crippen LogP contribution in [0.3, 0.4) is 0 Å². The van der Waals surface area contributed by atoms with Crippen LogP contribution in [0.25, 0.3) is 0 Å². The number of carbonyl (C=O) groups excluding carboxylic acids is 1. The SMILES string of the molecule is CC1CN(C(O)OC(C)(C)C)[C@@H](C)CN1CCCN(C(=O)Nc1ccc(F)c(Cl)c1)C1COc2ccc(Br)cc2C1. The highest BCUT2D eigenvalue weighted by Gasteiger charge is 2.35. The van der Waals surface area contributed by atoms with E-state index in [4.69, 9.17) is 21.1 Å². The van der Waals surface area contributed by atoms with Gasteiger partial charge < -0.3 is 24.8 Å². The highest BCUT2D eigenvalue weighted by molar-refractivity contribution is 9.10. The largest absolute Gasteiger partial charge is 0.491 e. The van der Waals surface area contributed by atoms with Gasteiger partial charge in [-0.15, -0.1) is 0 Å². The second-order valence-electron chi connectivity index (χ2n) is 12.0. The molecule has 2 aliphatic rings. The molecule has 0 aliphatic carbocycles. The molecule has 3 unspecified atom stereocenters. The third-order valence-corrected chi connectivity index (χ3v) is 8.31. The quantitative estimate of drug-likeness (QED) is 0.342. The van der Waals surface area contributed by atoms with E-state index in [2.05, 4.69) is 40.0 Å². The van der Waals surface area contributed by atoms with Crippen molar-refractivity contribution in [1.82, 2.24) is 14.7 Å². The molecule has 11 heteroatoms. The number of aliphatic hydroxyl groups is 1. The predicted octanol–water partition coefficient (Wildman–Crippen LogP) is 5.95. The number of ether oxygens (including phenoxy) is 2. The molecule has 0 saturated carbocycles. The second kappa shape index (κ2) is 13.6. The number of urea groups is 1. The molecule has 1 saturated heterocycles. The van der Waals surface area contributed by atoms with Crippen molar-refractivity contribution in [2.24, 2.45) is 0 Å². The number of piperazine rings is 1. The highest BCUT2D eigenvalue weighted by Crippen LogP contribution is 2.30. The average Bonchev–Trinajstić information content (AvgIpc) is 2.88. The van der Waals surface area contributed by atoms with E-state index >= 15 is 0 Å². The van der Waals surface area contributed by atoms with Crippen LogP contribution in [-0.4, -0.2) is 88.8 Å². The van der Waals surface area contributed by atoms with E-state index in [1.165, 1.54) is 18.2 Å². The number of nitrogens with zero attached hydrogens (tertiary/aromatic N) is 3. The van der Waals surface area contributed by atoms with Gasteiger partial charge in [0.15, 0.2) is 0 Å². The summed E-state index contributed by atoms with van der Waals surface area (Å²) in [5.74, 6) is 0.291. The fourth-order valence-electron chi connectivity index (χ4n) is 5.44. The maximum Gasteiger partial charge on any atom is 0.322 e. The summed E-state index contributed by atoms with van der Waals surface area (Å²) < 4.78 is 26.5. The Hall–Kier alpha value is -1.95. The van der Waals surface area contributed by atoms with Crippen LogP contribution in [0.1, 0.15) is 46.6 Å². The zero-order chi connectivity index (χ0) is 29.9. The maximum absolute atomic E-state index is 13.7. The molecule has 226 valence electrons. The predicted molar refractivity (Wildman–Crippen MR) is 163 cm³/mol. The number of rotatable bonds is 8. The van der Waals surface area contributed by atoms with Crippen LogP contribution in [0.4, 0.5) is 14.9 Å². The first-order valence-electron chi connectivity index (χ1n) is 14.1. The molecule has 2 aromatic carbocycles. The molecule has 41 heavy (non-hydrogen) atoms. The molecule has 0 bridgehead atoms. The molecule has 4 atom stereocenters. The first kappa shape index (κ1) is 32.0. The lowest BCUT2D eigenvalue weighted by atomic mass is 10.0. The maximum atomic E-state index is 13.7. The van der Waals surface area contributed by atoms with Gasteiger partial charge in [-0.1, -0.05) is 27.5 Å². The van der Waals surface area contributed by atoms with Gasteiger partial charge in [-0.05, 0) is 89.4 Å². The van der Waals surface area contributed by atoms with Gasteiger partial charge in [-0.3, -0.25) is 4.90 Å². The second-order valence-corrected chi connectivity index (χ2v) is 13.3. The Labute approximate surface area is 255 Å². The minimum Gasteiger partial charge on any atom is -0.491 e. The number of halogens is 3. The summed E-state index contributed by atoms with van der Waals surface area (Å²) >= 11 is 9.49. The standard InChI is InChI=1S/C30H41BrClFN4O4/c1-19-17-37(29(39)41-30(3,4)5)20(2)16-35(19)11-6-12-36(28(38)34-23-8-9-26(33)25(32)15-23)24-14-21-13-22(31)7-10-27(21)40-18-24/h7-10,13,15,19-20,24,29,39H,6,11-12,14,16-18H2,1-5H3,(H,34,38)/t19?,20-,24?,29?/m0/s1.